The van der Waals surface area contributed by atoms with E-state index in [0.29, 0.717) is 11.7 Å². The van der Waals surface area contributed by atoms with Gasteiger partial charge in [0.25, 0.3) is 5.91 Å². The lowest BCUT2D eigenvalue weighted by molar-refractivity contribution is 0.0984. The highest BCUT2D eigenvalue weighted by molar-refractivity contribution is 7.22. The SMILES string of the molecule is CCN(C(=O)c1ccc(Cl)cc1F)c1nc2ccccc2s1. The molecule has 1 heterocycles. The van der Waals surface area contributed by atoms with Gasteiger partial charge in [0, 0.05) is 11.6 Å². The molecular formula is C16H12ClFN2OS. The van der Waals surface area contributed by atoms with Crippen LogP contribution in [0.2, 0.25) is 5.02 Å². The summed E-state index contributed by atoms with van der Waals surface area (Å²) in [6.07, 6.45) is 0. The van der Waals surface area contributed by atoms with Gasteiger partial charge in [-0.05, 0) is 37.3 Å². The van der Waals surface area contributed by atoms with Crippen molar-refractivity contribution in [1.82, 2.24) is 4.98 Å². The molecule has 3 rings (SSSR count). The minimum absolute atomic E-state index is 0.00879. The summed E-state index contributed by atoms with van der Waals surface area (Å²) in [4.78, 5) is 18.5. The van der Waals surface area contributed by atoms with E-state index in [0.717, 1.165) is 16.3 Å². The van der Waals surface area contributed by atoms with Crippen molar-refractivity contribution in [3.05, 3.63) is 58.9 Å². The molecule has 112 valence electrons. The zero-order valence-corrected chi connectivity index (χ0v) is 13.3. The molecule has 0 N–H and O–H groups in total. The number of rotatable bonds is 3. The second-order valence-electron chi connectivity index (χ2n) is 4.64. The third-order valence-corrected chi connectivity index (χ3v) is 4.53. The van der Waals surface area contributed by atoms with E-state index in [4.69, 9.17) is 11.6 Å². The van der Waals surface area contributed by atoms with E-state index in [1.165, 1.54) is 28.4 Å². The minimum atomic E-state index is -0.628. The maximum atomic E-state index is 14.0. The van der Waals surface area contributed by atoms with Gasteiger partial charge in [-0.3, -0.25) is 9.69 Å². The lowest BCUT2D eigenvalue weighted by Gasteiger charge is -2.18. The van der Waals surface area contributed by atoms with Crippen LogP contribution in [0.25, 0.3) is 10.2 Å². The highest BCUT2D eigenvalue weighted by Gasteiger charge is 2.22. The summed E-state index contributed by atoms with van der Waals surface area (Å²) in [5.41, 5.74) is 0.816. The minimum Gasteiger partial charge on any atom is -0.284 e. The average Bonchev–Trinajstić information content (AvgIpc) is 2.91. The molecule has 0 aliphatic carbocycles. The van der Waals surface area contributed by atoms with E-state index in [2.05, 4.69) is 4.98 Å². The lowest BCUT2D eigenvalue weighted by atomic mass is 10.2. The van der Waals surface area contributed by atoms with E-state index in [1.807, 2.05) is 31.2 Å². The van der Waals surface area contributed by atoms with Crippen LogP contribution < -0.4 is 4.90 Å². The van der Waals surface area contributed by atoms with Gasteiger partial charge in [0.15, 0.2) is 5.13 Å². The van der Waals surface area contributed by atoms with Crippen LogP contribution in [0, 0.1) is 5.82 Å². The standard InChI is InChI=1S/C16H12ClFN2OS/c1-2-20(15(21)11-8-7-10(17)9-12(11)18)16-19-13-5-3-4-6-14(13)22-16/h3-9H,2H2,1H3. The highest BCUT2D eigenvalue weighted by atomic mass is 35.5. The fourth-order valence-electron chi connectivity index (χ4n) is 2.15. The molecular weight excluding hydrogens is 323 g/mol. The Morgan fingerprint density at radius 3 is 2.77 bits per heavy atom. The Bertz CT molecular complexity index is 816. The Labute approximate surface area is 136 Å². The Hall–Kier alpha value is -1.98. The number of nitrogens with zero attached hydrogens (tertiary/aromatic N) is 2. The predicted octanol–water partition coefficient (Wildman–Crippen LogP) is 4.76. The molecule has 0 fully saturated rings. The molecule has 1 amide bonds. The van der Waals surface area contributed by atoms with Crippen LogP contribution in [-0.2, 0) is 0 Å². The maximum absolute atomic E-state index is 14.0. The normalized spacial score (nSPS) is 10.9. The van der Waals surface area contributed by atoms with Crippen molar-refractivity contribution in [2.75, 3.05) is 11.4 Å². The first-order valence-electron chi connectivity index (χ1n) is 6.72. The first-order valence-corrected chi connectivity index (χ1v) is 7.92. The lowest BCUT2D eigenvalue weighted by Crippen LogP contribution is -2.31. The number of hydrogen-bond donors (Lipinski definition) is 0. The maximum Gasteiger partial charge on any atom is 0.263 e. The first-order chi connectivity index (χ1) is 10.6. The zero-order chi connectivity index (χ0) is 15.7. The highest BCUT2D eigenvalue weighted by Crippen LogP contribution is 2.29. The second kappa shape index (κ2) is 6.02. The van der Waals surface area contributed by atoms with Gasteiger partial charge in [0.2, 0.25) is 0 Å². The monoisotopic (exact) mass is 334 g/mol. The van der Waals surface area contributed by atoms with Crippen molar-refractivity contribution in [2.24, 2.45) is 0 Å². The molecule has 0 saturated carbocycles. The smallest absolute Gasteiger partial charge is 0.263 e. The van der Waals surface area contributed by atoms with Crippen molar-refractivity contribution < 1.29 is 9.18 Å². The number of amides is 1. The molecule has 0 unspecified atom stereocenters. The Kier molecular flexibility index (Phi) is 4.09. The molecule has 0 aliphatic heterocycles. The van der Waals surface area contributed by atoms with Crippen molar-refractivity contribution in [3.63, 3.8) is 0 Å². The molecule has 0 saturated heterocycles. The van der Waals surface area contributed by atoms with Gasteiger partial charge in [0.1, 0.15) is 5.82 Å². The van der Waals surface area contributed by atoms with Crippen LogP contribution >= 0.6 is 22.9 Å². The Morgan fingerprint density at radius 2 is 2.09 bits per heavy atom. The third kappa shape index (κ3) is 2.69. The quantitative estimate of drug-likeness (QED) is 0.692. The number of hydrogen-bond acceptors (Lipinski definition) is 3. The van der Waals surface area contributed by atoms with Crippen molar-refractivity contribution in [1.29, 1.82) is 0 Å². The van der Waals surface area contributed by atoms with Crippen LogP contribution in [0.15, 0.2) is 42.5 Å². The topological polar surface area (TPSA) is 33.2 Å². The molecule has 0 atom stereocenters. The molecule has 2 aromatic carbocycles. The number of anilines is 1. The summed E-state index contributed by atoms with van der Waals surface area (Å²) in [7, 11) is 0. The van der Waals surface area contributed by atoms with E-state index in [9.17, 15) is 9.18 Å². The fourth-order valence-corrected chi connectivity index (χ4v) is 3.34. The van der Waals surface area contributed by atoms with Gasteiger partial charge in [0.05, 0.1) is 15.8 Å². The van der Waals surface area contributed by atoms with Gasteiger partial charge in [-0.2, -0.15) is 0 Å². The largest absolute Gasteiger partial charge is 0.284 e. The molecule has 0 spiro atoms. The summed E-state index contributed by atoms with van der Waals surface area (Å²) in [6, 6.07) is 11.7. The number of para-hydroxylation sites is 1. The van der Waals surface area contributed by atoms with E-state index < -0.39 is 11.7 Å². The van der Waals surface area contributed by atoms with Gasteiger partial charge >= 0.3 is 0 Å². The Morgan fingerprint density at radius 1 is 1.32 bits per heavy atom. The number of thiazole rings is 1. The second-order valence-corrected chi connectivity index (χ2v) is 6.08. The van der Waals surface area contributed by atoms with Gasteiger partial charge in [-0.1, -0.05) is 35.1 Å². The summed E-state index contributed by atoms with van der Waals surface area (Å²) in [6.45, 7) is 2.23. The molecule has 1 aromatic heterocycles. The summed E-state index contributed by atoms with van der Waals surface area (Å²) < 4.78 is 15.0. The molecule has 0 radical (unpaired) electrons. The number of fused-ring (bicyclic) bond motifs is 1. The van der Waals surface area contributed by atoms with Gasteiger partial charge in [-0.25, -0.2) is 9.37 Å². The number of carbonyl (C=O) groups is 1. The molecule has 3 nitrogen and oxygen atoms in total. The summed E-state index contributed by atoms with van der Waals surface area (Å²) >= 11 is 7.14. The van der Waals surface area contributed by atoms with Crippen molar-refractivity contribution >= 4 is 44.2 Å². The van der Waals surface area contributed by atoms with Crippen LogP contribution in [0.4, 0.5) is 9.52 Å². The van der Waals surface area contributed by atoms with Gasteiger partial charge < -0.3 is 0 Å². The van der Waals surface area contributed by atoms with Gasteiger partial charge in [-0.15, -0.1) is 0 Å². The third-order valence-electron chi connectivity index (χ3n) is 3.24. The summed E-state index contributed by atoms with van der Waals surface area (Å²) in [5, 5.41) is 0.820. The number of halogens is 2. The first kappa shape index (κ1) is 14.9. The fraction of sp³-hybridized carbons (Fsp3) is 0.125. The van der Waals surface area contributed by atoms with E-state index >= 15 is 0 Å². The Balaban J connectivity index is 2.01. The molecule has 3 aromatic rings. The number of carbonyl (C=O) groups excluding carboxylic acids is 1. The van der Waals surface area contributed by atoms with Crippen LogP contribution in [-0.4, -0.2) is 17.4 Å². The van der Waals surface area contributed by atoms with Crippen molar-refractivity contribution in [2.45, 2.75) is 6.92 Å². The number of aromatic nitrogens is 1. The average molecular weight is 335 g/mol. The number of benzene rings is 2. The molecule has 22 heavy (non-hydrogen) atoms. The molecule has 0 aliphatic rings. The van der Waals surface area contributed by atoms with E-state index in [-0.39, 0.29) is 10.6 Å². The van der Waals surface area contributed by atoms with Crippen LogP contribution in [0.3, 0.4) is 0 Å². The van der Waals surface area contributed by atoms with Crippen LogP contribution in [0.5, 0.6) is 0 Å². The summed E-state index contributed by atoms with van der Waals surface area (Å²) in [5.74, 6) is -1.05. The molecule has 0 bridgehead atoms. The predicted molar refractivity (Wildman–Crippen MR) is 88.4 cm³/mol. The van der Waals surface area contributed by atoms with E-state index in [1.54, 1.807) is 0 Å². The molecule has 6 heteroatoms. The van der Waals surface area contributed by atoms with Crippen LogP contribution in [0.1, 0.15) is 17.3 Å². The zero-order valence-electron chi connectivity index (χ0n) is 11.7. The van der Waals surface area contributed by atoms with Crippen molar-refractivity contribution in [3.8, 4) is 0 Å².